The summed E-state index contributed by atoms with van der Waals surface area (Å²) in [5.74, 6) is -0.209. The minimum Gasteiger partial charge on any atom is -0.344 e. The van der Waals surface area contributed by atoms with Crippen LogP contribution in [0.3, 0.4) is 0 Å². The molecule has 0 rings (SSSR count). The summed E-state index contributed by atoms with van der Waals surface area (Å²) in [4.78, 5) is 0. The van der Waals surface area contributed by atoms with Crippen LogP contribution in [0.25, 0.3) is 0 Å². The molecule has 0 spiro atoms. The fourth-order valence-electron chi connectivity index (χ4n) is 1.62. The van der Waals surface area contributed by atoms with Gasteiger partial charge in [0, 0.05) is 0 Å². The van der Waals surface area contributed by atoms with Gasteiger partial charge in [-0.3, -0.25) is 0 Å². The van der Waals surface area contributed by atoms with Gasteiger partial charge in [-0.1, -0.05) is 62.7 Å². The van der Waals surface area contributed by atoms with Crippen LogP contribution >= 0.6 is 0 Å². The van der Waals surface area contributed by atoms with Crippen molar-refractivity contribution in [2.24, 2.45) is 0 Å². The Balaban J connectivity index is 0. The normalized spacial score (nSPS) is 11.2. The third kappa shape index (κ3) is 13.7. The Kier molecular flexibility index (Phi) is 13.8. The molecule has 0 aromatic carbocycles. The molecule has 0 heterocycles. The summed E-state index contributed by atoms with van der Waals surface area (Å²) in [5, 5.41) is 0. The van der Waals surface area contributed by atoms with Crippen LogP contribution in [0.4, 0.5) is 4.53 Å². The highest BCUT2D eigenvalue weighted by atomic mass is 32.2. The summed E-state index contributed by atoms with van der Waals surface area (Å²) in [6, 6.07) is 0. The zero-order valence-corrected chi connectivity index (χ0v) is 11.6. The summed E-state index contributed by atoms with van der Waals surface area (Å²) >= 11 is 0. The van der Waals surface area contributed by atoms with Crippen LogP contribution in [-0.4, -0.2) is 14.2 Å². The zero-order valence-electron chi connectivity index (χ0n) is 10.8. The lowest BCUT2D eigenvalue weighted by atomic mass is 10.1. The van der Waals surface area contributed by atoms with Crippen LogP contribution in [0.2, 0.25) is 0 Å². The van der Waals surface area contributed by atoms with Gasteiger partial charge in [-0.05, 0) is 10.9 Å². The summed E-state index contributed by atoms with van der Waals surface area (Å²) in [5.41, 5.74) is 0. The van der Waals surface area contributed by atoms with E-state index in [1.807, 2.05) is 0 Å². The van der Waals surface area contributed by atoms with Gasteiger partial charge < -0.3 is 6.15 Å². The molecule has 0 aromatic heterocycles. The fraction of sp³-hybridized carbons (Fsp3) is 1.00. The van der Waals surface area contributed by atoms with Crippen LogP contribution in [0.5, 0.6) is 0 Å². The first-order valence-electron chi connectivity index (χ1n) is 6.15. The Bertz CT molecular complexity index is 245. The van der Waals surface area contributed by atoms with E-state index in [2.05, 4.69) is 11.3 Å². The minimum atomic E-state index is -3.89. The molecule has 0 unspecified atom stereocenters. The first-order chi connectivity index (χ1) is 7.62. The van der Waals surface area contributed by atoms with Gasteiger partial charge in [0.25, 0.3) is 10.1 Å². The van der Waals surface area contributed by atoms with E-state index >= 15 is 0 Å². The van der Waals surface area contributed by atoms with Crippen molar-refractivity contribution < 1.29 is 17.3 Å². The lowest BCUT2D eigenvalue weighted by Gasteiger charge is -2.01. The van der Waals surface area contributed by atoms with E-state index in [4.69, 9.17) is 0 Å². The summed E-state index contributed by atoms with van der Waals surface area (Å²) in [6.45, 7) is 2.19. The van der Waals surface area contributed by atoms with Gasteiger partial charge in [0.15, 0.2) is 0 Å². The average Bonchev–Trinajstić information content (AvgIpc) is 2.27. The summed E-state index contributed by atoms with van der Waals surface area (Å²) < 4.78 is 35.5. The van der Waals surface area contributed by atoms with Gasteiger partial charge in [0.1, 0.15) is 0 Å². The van der Waals surface area contributed by atoms with Crippen LogP contribution in [0, 0.1) is 0 Å². The van der Waals surface area contributed by atoms with Crippen molar-refractivity contribution in [3.8, 4) is 0 Å². The second-order valence-corrected chi connectivity index (χ2v) is 5.80. The van der Waals surface area contributed by atoms with Gasteiger partial charge in [-0.15, -0.1) is 0 Å². The van der Waals surface area contributed by atoms with Gasteiger partial charge in [-0.2, -0.15) is 8.42 Å². The van der Waals surface area contributed by atoms with Crippen LogP contribution < -0.4 is 6.15 Å². The molecule has 3 N–H and O–H groups in total. The minimum absolute atomic E-state index is 0. The number of rotatable bonds is 11. The Morgan fingerprint density at radius 3 is 1.71 bits per heavy atom. The van der Waals surface area contributed by atoms with Gasteiger partial charge in [0.2, 0.25) is 0 Å². The second kappa shape index (κ2) is 12.3. The predicted octanol–water partition coefficient (Wildman–Crippen LogP) is 3.91. The van der Waals surface area contributed by atoms with E-state index in [9.17, 15) is 12.9 Å². The molecule has 0 atom stereocenters. The molecule has 0 aliphatic carbocycles. The SMILES string of the molecule is CCCCCCCCCCCS(=O)(=O)OF.N. The van der Waals surface area contributed by atoms with Crippen molar-refractivity contribution in [1.29, 1.82) is 0 Å². The second-order valence-electron chi connectivity index (χ2n) is 4.15. The first-order valence-corrected chi connectivity index (χ1v) is 7.73. The Hall–Kier alpha value is -0.200. The molecule has 0 aromatic rings. The van der Waals surface area contributed by atoms with Gasteiger partial charge in [-0.25, -0.2) is 0 Å². The van der Waals surface area contributed by atoms with Crippen LogP contribution in [-0.2, 0) is 14.5 Å². The van der Waals surface area contributed by atoms with Gasteiger partial charge >= 0.3 is 0 Å². The summed E-state index contributed by atoms with van der Waals surface area (Å²) in [7, 11) is -3.89. The molecule has 0 bridgehead atoms. The molecule has 0 amide bonds. The number of halogens is 1. The van der Waals surface area contributed by atoms with Crippen LogP contribution in [0.1, 0.15) is 64.7 Å². The first kappa shape index (κ1) is 19.1. The highest BCUT2D eigenvalue weighted by Crippen LogP contribution is 2.10. The van der Waals surface area contributed by atoms with Crippen molar-refractivity contribution in [3.63, 3.8) is 0 Å². The average molecular weight is 271 g/mol. The van der Waals surface area contributed by atoms with Crippen molar-refractivity contribution in [1.82, 2.24) is 6.15 Å². The van der Waals surface area contributed by atoms with E-state index in [1.54, 1.807) is 0 Å². The molecule has 0 radical (unpaired) electrons. The summed E-state index contributed by atoms with van der Waals surface area (Å²) in [6.07, 6.45) is 9.80. The van der Waals surface area contributed by atoms with Gasteiger partial charge in [0.05, 0.1) is 5.75 Å². The van der Waals surface area contributed by atoms with Crippen molar-refractivity contribution >= 4 is 10.1 Å². The highest BCUT2D eigenvalue weighted by Gasteiger charge is 2.10. The molecule has 106 valence electrons. The smallest absolute Gasteiger partial charge is 0.297 e. The maximum absolute atomic E-state index is 11.4. The number of hydrogen-bond donors (Lipinski definition) is 1. The van der Waals surface area contributed by atoms with Crippen molar-refractivity contribution in [2.75, 3.05) is 5.75 Å². The van der Waals surface area contributed by atoms with E-state index < -0.39 is 10.1 Å². The third-order valence-corrected chi connectivity index (χ3v) is 3.57. The molecular weight excluding hydrogens is 245 g/mol. The fourth-order valence-corrected chi connectivity index (χ4v) is 2.24. The van der Waals surface area contributed by atoms with E-state index in [1.165, 1.54) is 32.1 Å². The Morgan fingerprint density at radius 1 is 0.882 bits per heavy atom. The third-order valence-electron chi connectivity index (χ3n) is 2.59. The molecule has 6 heteroatoms. The molecule has 4 nitrogen and oxygen atoms in total. The Morgan fingerprint density at radius 2 is 1.29 bits per heavy atom. The highest BCUT2D eigenvalue weighted by molar-refractivity contribution is 7.86. The lowest BCUT2D eigenvalue weighted by molar-refractivity contribution is 0.00288. The number of unbranched alkanes of at least 4 members (excludes halogenated alkanes) is 8. The predicted molar refractivity (Wildman–Crippen MR) is 68.2 cm³/mol. The largest absolute Gasteiger partial charge is 0.344 e. The Labute approximate surface area is 105 Å². The van der Waals surface area contributed by atoms with Crippen LogP contribution in [0.15, 0.2) is 0 Å². The zero-order chi connectivity index (χ0) is 12.3. The molecule has 0 aliphatic rings. The standard InChI is InChI=1S/C11H23FO3S.H3N/c1-2-3-4-5-6-7-8-9-10-11-16(13,14)15-12;/h2-11H2,1H3;1H3. The van der Waals surface area contributed by atoms with Crippen molar-refractivity contribution in [2.45, 2.75) is 64.7 Å². The van der Waals surface area contributed by atoms with E-state index in [0.717, 1.165) is 19.3 Å². The number of hydrogen-bond acceptors (Lipinski definition) is 4. The maximum atomic E-state index is 11.4. The molecule has 0 saturated heterocycles. The quantitative estimate of drug-likeness (QED) is 0.578. The topological polar surface area (TPSA) is 78.4 Å². The monoisotopic (exact) mass is 271 g/mol. The molecular formula is C11H26FNO3S. The lowest BCUT2D eigenvalue weighted by Crippen LogP contribution is -2.05. The molecule has 0 aliphatic heterocycles. The molecule has 0 fully saturated rings. The maximum Gasteiger partial charge on any atom is 0.297 e. The van der Waals surface area contributed by atoms with Crippen molar-refractivity contribution in [3.05, 3.63) is 0 Å². The molecule has 0 saturated carbocycles. The molecule has 17 heavy (non-hydrogen) atoms. The van der Waals surface area contributed by atoms with E-state index in [-0.39, 0.29) is 11.9 Å². The van der Waals surface area contributed by atoms with E-state index in [0.29, 0.717) is 6.42 Å².